The zero-order valence-corrected chi connectivity index (χ0v) is 19.6. The fraction of sp³-hybridized carbons (Fsp3) is 0.586. The largest absolute Gasteiger partial charge is 0.497 e. The summed E-state index contributed by atoms with van der Waals surface area (Å²) in [6, 6.07) is 7.09. The molecule has 1 nitrogen and oxygen atoms in total. The molecule has 0 bridgehead atoms. The molecule has 0 radical (unpaired) electrons. The lowest BCUT2D eigenvalue weighted by atomic mass is 9.73. The number of hydrogen-bond donors (Lipinski definition) is 0. The lowest BCUT2D eigenvalue weighted by Gasteiger charge is -2.32. The summed E-state index contributed by atoms with van der Waals surface area (Å²) in [6.07, 6.45) is 17.0. The fourth-order valence-electron chi connectivity index (χ4n) is 6.15. The molecule has 0 aliphatic heterocycles. The van der Waals surface area contributed by atoms with Gasteiger partial charge in [0.2, 0.25) is 0 Å². The first kappa shape index (κ1) is 23.3. The van der Waals surface area contributed by atoms with Gasteiger partial charge in [0.05, 0.1) is 7.11 Å². The van der Waals surface area contributed by atoms with Crippen LogP contribution in [0.15, 0.2) is 36.9 Å². The lowest BCUT2D eigenvalue weighted by Crippen LogP contribution is -2.18. The Bertz CT molecular complexity index is 905. The van der Waals surface area contributed by atoms with Gasteiger partial charge in [-0.3, -0.25) is 0 Å². The molecule has 3 heteroatoms. The molecule has 32 heavy (non-hydrogen) atoms. The van der Waals surface area contributed by atoms with E-state index in [2.05, 4.69) is 12.7 Å². The van der Waals surface area contributed by atoms with Crippen molar-refractivity contribution in [2.24, 2.45) is 17.8 Å². The monoisotopic (exact) mass is 440 g/mol. The van der Waals surface area contributed by atoms with E-state index in [1.807, 2.05) is 18.2 Å². The first-order valence-corrected chi connectivity index (χ1v) is 12.7. The Morgan fingerprint density at radius 2 is 1.44 bits per heavy atom. The van der Waals surface area contributed by atoms with Gasteiger partial charge in [-0.05, 0) is 91.3 Å². The van der Waals surface area contributed by atoms with Crippen LogP contribution in [0.25, 0.3) is 10.8 Å². The molecule has 4 rings (SSSR count). The molecular weight excluding hydrogens is 402 g/mol. The van der Waals surface area contributed by atoms with Crippen LogP contribution < -0.4 is 4.74 Å². The molecule has 2 aromatic rings. The molecule has 0 atom stereocenters. The maximum atomic E-state index is 14.9. The molecular formula is C29H38F2O. The van der Waals surface area contributed by atoms with Crippen LogP contribution in [0.1, 0.15) is 88.5 Å². The van der Waals surface area contributed by atoms with Crippen LogP contribution in [-0.4, -0.2) is 7.11 Å². The van der Waals surface area contributed by atoms with Crippen molar-refractivity contribution < 1.29 is 13.5 Å². The summed E-state index contributed by atoms with van der Waals surface area (Å²) in [6.45, 7) is 3.85. The summed E-state index contributed by atoms with van der Waals surface area (Å²) >= 11 is 0. The van der Waals surface area contributed by atoms with Gasteiger partial charge in [-0.1, -0.05) is 50.7 Å². The van der Waals surface area contributed by atoms with Crippen LogP contribution in [0.3, 0.4) is 0 Å². The molecule has 0 amide bonds. The Hall–Kier alpha value is -1.90. The molecule has 2 saturated carbocycles. The van der Waals surface area contributed by atoms with E-state index in [1.54, 1.807) is 6.07 Å². The first-order chi connectivity index (χ1) is 15.6. The Balaban J connectivity index is 1.29. The standard InChI is InChI=1S/C29H38F2O/c1-3-4-5-20-6-8-21(9-7-20)10-11-22-12-14-23(15-13-22)26-18-24-16-17-25(32-2)19-27(24)29(31)28(26)30/h3,16-23H,1,4-15H2,2H3. The predicted octanol–water partition coefficient (Wildman–Crippen LogP) is 8.95. The highest BCUT2D eigenvalue weighted by Crippen LogP contribution is 2.42. The maximum Gasteiger partial charge on any atom is 0.167 e. The number of halogens is 2. The molecule has 2 aliphatic carbocycles. The van der Waals surface area contributed by atoms with Gasteiger partial charge >= 0.3 is 0 Å². The molecule has 0 N–H and O–H groups in total. The first-order valence-electron chi connectivity index (χ1n) is 12.7. The topological polar surface area (TPSA) is 9.23 Å². The summed E-state index contributed by atoms with van der Waals surface area (Å²) in [5.74, 6) is 1.85. The predicted molar refractivity (Wildman–Crippen MR) is 129 cm³/mol. The summed E-state index contributed by atoms with van der Waals surface area (Å²) in [5, 5.41) is 1.06. The van der Waals surface area contributed by atoms with E-state index < -0.39 is 11.6 Å². The van der Waals surface area contributed by atoms with Crippen LogP contribution in [0.4, 0.5) is 8.78 Å². The zero-order valence-electron chi connectivity index (χ0n) is 19.6. The Labute approximate surface area is 192 Å². The minimum Gasteiger partial charge on any atom is -0.497 e. The minimum absolute atomic E-state index is 0.132. The lowest BCUT2D eigenvalue weighted by molar-refractivity contribution is 0.224. The van der Waals surface area contributed by atoms with E-state index in [1.165, 1.54) is 52.1 Å². The highest BCUT2D eigenvalue weighted by molar-refractivity contribution is 5.85. The van der Waals surface area contributed by atoms with Crippen molar-refractivity contribution in [1.29, 1.82) is 0 Å². The third kappa shape index (κ3) is 5.35. The Morgan fingerprint density at radius 3 is 2.03 bits per heavy atom. The molecule has 0 heterocycles. The molecule has 2 aliphatic rings. The van der Waals surface area contributed by atoms with Gasteiger partial charge in [-0.25, -0.2) is 8.78 Å². The summed E-state index contributed by atoms with van der Waals surface area (Å²) < 4.78 is 34.9. The summed E-state index contributed by atoms with van der Waals surface area (Å²) in [4.78, 5) is 0. The van der Waals surface area contributed by atoms with Crippen molar-refractivity contribution in [2.45, 2.75) is 83.0 Å². The third-order valence-electron chi connectivity index (χ3n) is 8.27. The highest BCUT2D eigenvalue weighted by atomic mass is 19.2. The molecule has 0 unspecified atom stereocenters. The van der Waals surface area contributed by atoms with Crippen LogP contribution >= 0.6 is 0 Å². The van der Waals surface area contributed by atoms with E-state index in [-0.39, 0.29) is 5.92 Å². The van der Waals surface area contributed by atoms with Crippen LogP contribution in [0.2, 0.25) is 0 Å². The number of ether oxygens (including phenoxy) is 1. The van der Waals surface area contributed by atoms with E-state index in [0.29, 0.717) is 16.7 Å². The van der Waals surface area contributed by atoms with Gasteiger partial charge < -0.3 is 4.74 Å². The maximum absolute atomic E-state index is 14.9. The van der Waals surface area contributed by atoms with Crippen molar-refractivity contribution in [3.05, 3.63) is 54.1 Å². The number of allylic oxidation sites excluding steroid dienone is 1. The number of benzene rings is 2. The third-order valence-corrected chi connectivity index (χ3v) is 8.27. The zero-order chi connectivity index (χ0) is 22.5. The molecule has 2 fully saturated rings. The van der Waals surface area contributed by atoms with E-state index in [9.17, 15) is 8.78 Å². The average Bonchev–Trinajstić information content (AvgIpc) is 2.84. The Morgan fingerprint density at radius 1 is 0.844 bits per heavy atom. The Kier molecular flexibility index (Phi) is 7.86. The number of fused-ring (bicyclic) bond motifs is 1. The van der Waals surface area contributed by atoms with Gasteiger partial charge in [0, 0.05) is 5.39 Å². The minimum atomic E-state index is -0.734. The van der Waals surface area contributed by atoms with Crippen molar-refractivity contribution in [3.63, 3.8) is 0 Å². The van der Waals surface area contributed by atoms with Crippen LogP contribution in [-0.2, 0) is 0 Å². The van der Waals surface area contributed by atoms with E-state index in [0.717, 1.165) is 55.2 Å². The van der Waals surface area contributed by atoms with Crippen molar-refractivity contribution in [3.8, 4) is 5.75 Å². The van der Waals surface area contributed by atoms with Crippen LogP contribution in [0.5, 0.6) is 5.75 Å². The molecule has 2 aromatic carbocycles. The quantitative estimate of drug-likeness (QED) is 0.372. The second-order valence-corrected chi connectivity index (χ2v) is 10.2. The fourth-order valence-corrected chi connectivity index (χ4v) is 6.15. The second-order valence-electron chi connectivity index (χ2n) is 10.2. The summed E-state index contributed by atoms with van der Waals surface area (Å²) in [7, 11) is 1.54. The van der Waals surface area contributed by atoms with E-state index >= 15 is 0 Å². The average molecular weight is 441 g/mol. The molecule has 174 valence electrons. The van der Waals surface area contributed by atoms with Crippen molar-refractivity contribution >= 4 is 10.8 Å². The SMILES string of the molecule is C=CCCC1CCC(CCC2CCC(c3cc4ccc(OC)cc4c(F)c3F)CC2)CC1. The smallest absolute Gasteiger partial charge is 0.167 e. The molecule has 0 aromatic heterocycles. The molecule has 0 spiro atoms. The van der Waals surface area contributed by atoms with Gasteiger partial charge in [-0.2, -0.15) is 0 Å². The highest BCUT2D eigenvalue weighted by Gasteiger charge is 2.28. The normalized spacial score (nSPS) is 26.2. The number of hydrogen-bond acceptors (Lipinski definition) is 1. The summed E-state index contributed by atoms with van der Waals surface area (Å²) in [5.41, 5.74) is 0.566. The van der Waals surface area contributed by atoms with E-state index in [4.69, 9.17) is 4.74 Å². The number of methoxy groups -OCH3 is 1. The second kappa shape index (κ2) is 10.8. The van der Waals surface area contributed by atoms with Crippen molar-refractivity contribution in [2.75, 3.05) is 7.11 Å². The van der Waals surface area contributed by atoms with Crippen molar-refractivity contribution in [1.82, 2.24) is 0 Å². The van der Waals surface area contributed by atoms with Crippen LogP contribution in [0, 0.1) is 29.4 Å². The van der Waals surface area contributed by atoms with Gasteiger partial charge in [0.1, 0.15) is 5.75 Å². The van der Waals surface area contributed by atoms with Gasteiger partial charge in [-0.15, -0.1) is 6.58 Å². The molecule has 0 saturated heterocycles. The van der Waals surface area contributed by atoms with Gasteiger partial charge in [0.25, 0.3) is 0 Å². The van der Waals surface area contributed by atoms with Gasteiger partial charge in [0.15, 0.2) is 11.6 Å². The number of rotatable bonds is 8.